The van der Waals surface area contributed by atoms with Crippen LogP contribution < -0.4 is 5.73 Å². The van der Waals surface area contributed by atoms with Gasteiger partial charge >= 0.3 is 0 Å². The van der Waals surface area contributed by atoms with Gasteiger partial charge in [0.05, 0.1) is 0 Å². The zero-order valence-electron chi connectivity index (χ0n) is 12.2. The van der Waals surface area contributed by atoms with Crippen molar-refractivity contribution in [2.45, 2.75) is 12.8 Å². The number of anilines is 1. The predicted molar refractivity (Wildman–Crippen MR) is 81.1 cm³/mol. The number of rotatable bonds is 3. The van der Waals surface area contributed by atoms with Gasteiger partial charge in [-0.15, -0.1) is 0 Å². The van der Waals surface area contributed by atoms with Crippen molar-refractivity contribution in [3.05, 3.63) is 30.0 Å². The summed E-state index contributed by atoms with van der Waals surface area (Å²) in [5, 5.41) is 0.859. The van der Waals surface area contributed by atoms with Gasteiger partial charge in [0.15, 0.2) is 5.76 Å². The van der Waals surface area contributed by atoms with Gasteiger partial charge in [-0.2, -0.15) is 0 Å². The summed E-state index contributed by atoms with van der Waals surface area (Å²) in [5.74, 6) is 0.786. The summed E-state index contributed by atoms with van der Waals surface area (Å²) < 4.78 is 11.0. The van der Waals surface area contributed by atoms with Crippen LogP contribution in [-0.4, -0.2) is 37.6 Å². The fraction of sp³-hybridized carbons (Fsp3) is 0.438. The van der Waals surface area contributed by atoms with E-state index in [9.17, 15) is 4.79 Å². The molecule has 1 aromatic heterocycles. The van der Waals surface area contributed by atoms with Gasteiger partial charge in [-0.1, -0.05) is 0 Å². The summed E-state index contributed by atoms with van der Waals surface area (Å²) in [4.78, 5) is 14.2. The van der Waals surface area contributed by atoms with E-state index in [-0.39, 0.29) is 5.91 Å². The molecule has 2 aromatic rings. The van der Waals surface area contributed by atoms with Crippen LogP contribution in [0.3, 0.4) is 0 Å². The zero-order chi connectivity index (χ0) is 14.8. The molecule has 2 N–H and O–H groups in total. The molecule has 2 heterocycles. The highest BCUT2D eigenvalue weighted by Gasteiger charge is 2.21. The maximum absolute atomic E-state index is 12.4. The summed E-state index contributed by atoms with van der Waals surface area (Å²) in [5.41, 5.74) is 7.10. The largest absolute Gasteiger partial charge is 0.451 e. The van der Waals surface area contributed by atoms with E-state index in [1.807, 2.05) is 13.1 Å². The number of carbonyl (C=O) groups excluding carboxylic acids is 1. The lowest BCUT2D eigenvalue weighted by Gasteiger charge is -2.26. The molecule has 0 radical (unpaired) electrons. The number of fused-ring (bicyclic) bond motifs is 1. The van der Waals surface area contributed by atoms with Crippen molar-refractivity contribution in [3.8, 4) is 0 Å². The maximum Gasteiger partial charge on any atom is 0.289 e. The van der Waals surface area contributed by atoms with Crippen molar-refractivity contribution in [1.82, 2.24) is 4.90 Å². The number of furan rings is 1. The van der Waals surface area contributed by atoms with Gasteiger partial charge in [-0.3, -0.25) is 4.79 Å². The lowest BCUT2D eigenvalue weighted by Crippen LogP contribution is -2.33. The van der Waals surface area contributed by atoms with Crippen LogP contribution in [0.15, 0.2) is 28.7 Å². The first-order valence-electron chi connectivity index (χ1n) is 7.26. The molecule has 112 valence electrons. The highest BCUT2D eigenvalue weighted by molar-refractivity contribution is 5.96. The summed E-state index contributed by atoms with van der Waals surface area (Å²) in [6.45, 7) is 2.31. The van der Waals surface area contributed by atoms with E-state index in [2.05, 4.69) is 0 Å². The highest BCUT2D eigenvalue weighted by atomic mass is 16.5. The molecule has 1 aliphatic rings. The fourth-order valence-corrected chi connectivity index (χ4v) is 2.75. The molecule has 0 unspecified atom stereocenters. The molecule has 1 aromatic carbocycles. The number of amides is 1. The van der Waals surface area contributed by atoms with Gasteiger partial charge in [0.1, 0.15) is 5.58 Å². The minimum atomic E-state index is -0.0868. The van der Waals surface area contributed by atoms with E-state index in [1.54, 1.807) is 23.1 Å². The molecular formula is C16H20N2O3. The summed E-state index contributed by atoms with van der Waals surface area (Å²) in [6, 6.07) is 7.13. The lowest BCUT2D eigenvalue weighted by molar-refractivity contribution is 0.0486. The second-order valence-corrected chi connectivity index (χ2v) is 5.65. The van der Waals surface area contributed by atoms with Crippen LogP contribution in [0.4, 0.5) is 5.69 Å². The Hall–Kier alpha value is -2.01. The van der Waals surface area contributed by atoms with E-state index in [0.717, 1.165) is 38.0 Å². The van der Waals surface area contributed by atoms with Gasteiger partial charge in [0.25, 0.3) is 5.91 Å². The summed E-state index contributed by atoms with van der Waals surface area (Å²) >= 11 is 0. The Labute approximate surface area is 123 Å². The number of nitrogen functional groups attached to an aromatic ring is 1. The molecule has 1 aliphatic heterocycles. The molecule has 1 fully saturated rings. The normalized spacial score (nSPS) is 16.2. The van der Waals surface area contributed by atoms with E-state index in [0.29, 0.717) is 22.9 Å². The number of nitrogens with two attached hydrogens (primary N) is 1. The number of hydrogen-bond donors (Lipinski definition) is 1. The van der Waals surface area contributed by atoms with Crippen LogP contribution in [-0.2, 0) is 4.74 Å². The molecule has 21 heavy (non-hydrogen) atoms. The Balaban J connectivity index is 1.72. The minimum absolute atomic E-state index is 0.0868. The molecule has 0 spiro atoms. The average Bonchev–Trinajstić information content (AvgIpc) is 2.90. The fourth-order valence-electron chi connectivity index (χ4n) is 2.75. The average molecular weight is 288 g/mol. The highest BCUT2D eigenvalue weighted by Crippen LogP contribution is 2.23. The van der Waals surface area contributed by atoms with Crippen LogP contribution >= 0.6 is 0 Å². The molecule has 3 rings (SSSR count). The van der Waals surface area contributed by atoms with Gasteiger partial charge in [0, 0.05) is 37.9 Å². The van der Waals surface area contributed by atoms with Crippen molar-refractivity contribution in [2.75, 3.05) is 32.5 Å². The van der Waals surface area contributed by atoms with Gasteiger partial charge in [0.2, 0.25) is 0 Å². The Morgan fingerprint density at radius 2 is 2.10 bits per heavy atom. The smallest absolute Gasteiger partial charge is 0.289 e. The maximum atomic E-state index is 12.4. The number of ether oxygens (including phenoxy) is 1. The molecule has 0 aliphatic carbocycles. The number of nitrogens with zero attached hydrogens (tertiary/aromatic N) is 1. The van der Waals surface area contributed by atoms with Crippen LogP contribution in [0.25, 0.3) is 11.0 Å². The third-order valence-corrected chi connectivity index (χ3v) is 3.97. The monoisotopic (exact) mass is 288 g/mol. The molecule has 1 saturated heterocycles. The Kier molecular flexibility index (Phi) is 3.84. The molecule has 5 heteroatoms. The van der Waals surface area contributed by atoms with E-state index in [1.165, 1.54) is 0 Å². The van der Waals surface area contributed by atoms with Crippen molar-refractivity contribution < 1.29 is 13.9 Å². The first-order chi connectivity index (χ1) is 10.1. The van der Waals surface area contributed by atoms with E-state index in [4.69, 9.17) is 14.9 Å². The first-order valence-corrected chi connectivity index (χ1v) is 7.26. The van der Waals surface area contributed by atoms with Gasteiger partial charge < -0.3 is 19.8 Å². The second kappa shape index (κ2) is 5.77. The second-order valence-electron chi connectivity index (χ2n) is 5.65. The quantitative estimate of drug-likeness (QED) is 0.881. The molecule has 0 atom stereocenters. The van der Waals surface area contributed by atoms with E-state index < -0.39 is 0 Å². The van der Waals surface area contributed by atoms with Gasteiger partial charge in [-0.05, 0) is 43.0 Å². The molecule has 5 nitrogen and oxygen atoms in total. The third kappa shape index (κ3) is 3.03. The van der Waals surface area contributed by atoms with Crippen LogP contribution in [0, 0.1) is 5.92 Å². The summed E-state index contributed by atoms with van der Waals surface area (Å²) in [7, 11) is 1.82. The topological polar surface area (TPSA) is 68.7 Å². The van der Waals surface area contributed by atoms with Crippen molar-refractivity contribution in [2.24, 2.45) is 5.92 Å². The molecular weight excluding hydrogens is 268 g/mol. The SMILES string of the molecule is CN(CC1CCOCC1)C(=O)c1cc2cc(N)ccc2o1. The van der Waals surface area contributed by atoms with Crippen LogP contribution in [0.1, 0.15) is 23.4 Å². The molecule has 0 saturated carbocycles. The van der Waals surface area contributed by atoms with Crippen molar-refractivity contribution in [3.63, 3.8) is 0 Å². The Morgan fingerprint density at radius 1 is 1.33 bits per heavy atom. The van der Waals surface area contributed by atoms with Gasteiger partial charge in [-0.25, -0.2) is 0 Å². The standard InChI is InChI=1S/C16H20N2O3/c1-18(10-11-4-6-20-7-5-11)16(19)15-9-12-8-13(17)2-3-14(12)21-15/h2-3,8-9,11H,4-7,10,17H2,1H3. The Morgan fingerprint density at radius 3 is 2.86 bits per heavy atom. The minimum Gasteiger partial charge on any atom is -0.451 e. The zero-order valence-corrected chi connectivity index (χ0v) is 12.2. The van der Waals surface area contributed by atoms with Crippen molar-refractivity contribution in [1.29, 1.82) is 0 Å². The van der Waals surface area contributed by atoms with E-state index >= 15 is 0 Å². The predicted octanol–water partition coefficient (Wildman–Crippen LogP) is 2.51. The number of hydrogen-bond acceptors (Lipinski definition) is 4. The molecule has 1 amide bonds. The number of benzene rings is 1. The number of carbonyl (C=O) groups is 1. The summed E-state index contributed by atoms with van der Waals surface area (Å²) in [6.07, 6.45) is 2.02. The first kappa shape index (κ1) is 13.9. The van der Waals surface area contributed by atoms with Crippen LogP contribution in [0.5, 0.6) is 0 Å². The third-order valence-electron chi connectivity index (χ3n) is 3.97. The lowest BCUT2D eigenvalue weighted by atomic mass is 10.00. The van der Waals surface area contributed by atoms with Crippen molar-refractivity contribution >= 4 is 22.6 Å². The van der Waals surface area contributed by atoms with Crippen LogP contribution in [0.2, 0.25) is 0 Å². The Bertz CT molecular complexity index is 644. The molecule has 0 bridgehead atoms.